The lowest BCUT2D eigenvalue weighted by Gasteiger charge is -2.29. The third-order valence-electron chi connectivity index (χ3n) is 4.27. The van der Waals surface area contributed by atoms with Crippen molar-refractivity contribution in [1.82, 2.24) is 14.7 Å². The standard InChI is InChI=1S/C20H28ClN3O2S2/c1-13(16-12-18(26-5)23-19(22-16)27-6)11-17(24-28(25)20(2,3)4)14-7-9-15(21)10-8-14/h7-10,12-13,17,24H,11H2,1-6H3/t13-,17-,28?/m0/s1. The van der Waals surface area contributed by atoms with Gasteiger partial charge in [0.1, 0.15) is 4.75 Å². The zero-order valence-electron chi connectivity index (χ0n) is 17.2. The summed E-state index contributed by atoms with van der Waals surface area (Å²) < 4.78 is 21.0. The van der Waals surface area contributed by atoms with Gasteiger partial charge >= 0.3 is 0 Å². The van der Waals surface area contributed by atoms with E-state index in [-0.39, 0.29) is 16.7 Å². The van der Waals surface area contributed by atoms with Gasteiger partial charge in [0.2, 0.25) is 5.88 Å². The molecule has 3 atom stereocenters. The monoisotopic (exact) mass is 441 g/mol. The average Bonchev–Trinajstić information content (AvgIpc) is 2.66. The number of nitrogens with one attached hydrogen (secondary N) is 1. The molecule has 1 heterocycles. The van der Waals surface area contributed by atoms with E-state index in [2.05, 4.69) is 21.6 Å². The van der Waals surface area contributed by atoms with Crippen LogP contribution in [0.1, 0.15) is 57.3 Å². The van der Waals surface area contributed by atoms with Gasteiger partial charge in [0.15, 0.2) is 5.16 Å². The lowest BCUT2D eigenvalue weighted by atomic mass is 9.94. The number of hydrogen-bond acceptors (Lipinski definition) is 6. The number of ether oxygens (including phenoxy) is 1. The Morgan fingerprint density at radius 1 is 1.25 bits per heavy atom. The first kappa shape index (κ1) is 23.3. The molecule has 28 heavy (non-hydrogen) atoms. The predicted octanol–water partition coefficient (Wildman–Crippen LogP) is 5.15. The van der Waals surface area contributed by atoms with Gasteiger partial charge < -0.3 is 9.29 Å². The molecular weight excluding hydrogens is 414 g/mol. The summed E-state index contributed by atoms with van der Waals surface area (Å²) >= 11 is 6.33. The molecule has 2 rings (SSSR count). The van der Waals surface area contributed by atoms with Crippen LogP contribution in [0.3, 0.4) is 0 Å². The quantitative estimate of drug-likeness (QED) is 0.347. The maximum absolute atomic E-state index is 12.8. The minimum Gasteiger partial charge on any atom is -0.598 e. The van der Waals surface area contributed by atoms with Gasteiger partial charge in [-0.1, -0.05) is 42.4 Å². The Morgan fingerprint density at radius 3 is 2.43 bits per heavy atom. The van der Waals surface area contributed by atoms with Crippen molar-refractivity contribution in [3.05, 3.63) is 46.6 Å². The molecular formula is C20H28ClN3O2S2. The summed E-state index contributed by atoms with van der Waals surface area (Å²) in [6.07, 6.45) is 2.66. The topological polar surface area (TPSA) is 70.1 Å². The SMILES string of the molecule is COc1cc([C@@H](C)C[C@H](N[S+]([O-])C(C)(C)C)c2ccc(Cl)cc2)nc(SC)n1. The van der Waals surface area contributed by atoms with Crippen molar-refractivity contribution in [2.45, 2.75) is 56.0 Å². The van der Waals surface area contributed by atoms with Crippen LogP contribution in [-0.2, 0) is 11.4 Å². The number of methoxy groups -OCH3 is 1. The van der Waals surface area contributed by atoms with E-state index in [0.29, 0.717) is 16.1 Å². The molecule has 0 saturated carbocycles. The van der Waals surface area contributed by atoms with Crippen molar-refractivity contribution in [1.29, 1.82) is 0 Å². The van der Waals surface area contributed by atoms with Gasteiger partial charge in [0.05, 0.1) is 18.8 Å². The first-order valence-electron chi connectivity index (χ1n) is 9.04. The lowest BCUT2D eigenvalue weighted by molar-refractivity contribution is 0.389. The fraction of sp³-hybridized carbons (Fsp3) is 0.500. The van der Waals surface area contributed by atoms with E-state index < -0.39 is 11.4 Å². The summed E-state index contributed by atoms with van der Waals surface area (Å²) in [7, 11) is 1.60. The molecule has 154 valence electrons. The molecule has 8 heteroatoms. The molecule has 0 spiro atoms. The summed E-state index contributed by atoms with van der Waals surface area (Å²) in [6.45, 7) is 7.98. The van der Waals surface area contributed by atoms with E-state index in [0.717, 1.165) is 17.7 Å². The predicted molar refractivity (Wildman–Crippen MR) is 119 cm³/mol. The first-order valence-corrected chi connectivity index (χ1v) is 11.8. The van der Waals surface area contributed by atoms with Crippen molar-refractivity contribution in [2.24, 2.45) is 0 Å². The van der Waals surface area contributed by atoms with Crippen LogP contribution in [0.2, 0.25) is 5.02 Å². The van der Waals surface area contributed by atoms with Gasteiger partial charge in [0.25, 0.3) is 0 Å². The molecule has 0 aliphatic carbocycles. The molecule has 0 saturated heterocycles. The van der Waals surface area contributed by atoms with Crippen molar-refractivity contribution in [3.8, 4) is 5.88 Å². The van der Waals surface area contributed by atoms with E-state index in [1.165, 1.54) is 11.8 Å². The molecule has 5 nitrogen and oxygen atoms in total. The Balaban J connectivity index is 2.29. The highest BCUT2D eigenvalue weighted by Crippen LogP contribution is 2.31. The molecule has 0 radical (unpaired) electrons. The van der Waals surface area contributed by atoms with Gasteiger partial charge in [-0.15, -0.1) is 4.72 Å². The summed E-state index contributed by atoms with van der Waals surface area (Å²) in [5.41, 5.74) is 1.94. The molecule has 0 aliphatic rings. The maximum Gasteiger partial charge on any atom is 0.217 e. The zero-order valence-corrected chi connectivity index (χ0v) is 19.5. The molecule has 0 fully saturated rings. The zero-order chi connectivity index (χ0) is 20.9. The Morgan fingerprint density at radius 2 is 1.89 bits per heavy atom. The highest BCUT2D eigenvalue weighted by Gasteiger charge is 2.31. The molecule has 1 aromatic heterocycles. The minimum absolute atomic E-state index is 0.105. The number of rotatable bonds is 8. The van der Waals surface area contributed by atoms with E-state index in [9.17, 15) is 4.55 Å². The van der Waals surface area contributed by atoms with Crippen LogP contribution in [0.5, 0.6) is 5.88 Å². The molecule has 1 aromatic carbocycles. The third kappa shape index (κ3) is 6.52. The Labute approximate surface area is 180 Å². The summed E-state index contributed by atoms with van der Waals surface area (Å²) in [4.78, 5) is 8.97. The maximum atomic E-state index is 12.8. The number of nitrogens with zero attached hydrogens (tertiary/aromatic N) is 2. The number of hydrogen-bond donors (Lipinski definition) is 1. The fourth-order valence-electron chi connectivity index (χ4n) is 2.60. The minimum atomic E-state index is -1.20. The number of aromatic nitrogens is 2. The average molecular weight is 442 g/mol. The largest absolute Gasteiger partial charge is 0.598 e. The highest BCUT2D eigenvalue weighted by atomic mass is 35.5. The van der Waals surface area contributed by atoms with Crippen molar-refractivity contribution >= 4 is 34.7 Å². The number of halogens is 1. The Bertz CT molecular complexity index is 747. The van der Waals surface area contributed by atoms with Crippen LogP contribution < -0.4 is 9.46 Å². The number of thioether (sulfide) groups is 1. The second kappa shape index (κ2) is 10.2. The summed E-state index contributed by atoms with van der Waals surface area (Å²) in [5.74, 6) is 0.656. The molecule has 1 N–H and O–H groups in total. The van der Waals surface area contributed by atoms with Crippen molar-refractivity contribution in [2.75, 3.05) is 13.4 Å². The lowest BCUT2D eigenvalue weighted by Crippen LogP contribution is -2.41. The third-order valence-corrected chi connectivity index (χ3v) is 6.68. The second-order valence-electron chi connectivity index (χ2n) is 7.56. The smallest absolute Gasteiger partial charge is 0.217 e. The second-order valence-corrected chi connectivity index (χ2v) is 10.8. The van der Waals surface area contributed by atoms with Gasteiger partial charge in [-0.3, -0.25) is 0 Å². The van der Waals surface area contributed by atoms with Crippen LogP contribution in [0.25, 0.3) is 0 Å². The molecule has 0 bridgehead atoms. The fourth-order valence-corrected chi connectivity index (χ4v) is 3.94. The van der Waals surface area contributed by atoms with Gasteiger partial charge in [-0.2, -0.15) is 4.98 Å². The van der Waals surface area contributed by atoms with E-state index in [1.54, 1.807) is 7.11 Å². The van der Waals surface area contributed by atoms with E-state index in [4.69, 9.17) is 16.3 Å². The van der Waals surface area contributed by atoms with Crippen LogP contribution in [0.4, 0.5) is 0 Å². The number of benzene rings is 1. The first-order chi connectivity index (χ1) is 13.1. The summed E-state index contributed by atoms with van der Waals surface area (Å²) in [5, 5.41) is 1.35. The van der Waals surface area contributed by atoms with Crippen molar-refractivity contribution < 1.29 is 9.29 Å². The highest BCUT2D eigenvalue weighted by molar-refractivity contribution is 7.98. The van der Waals surface area contributed by atoms with Crippen LogP contribution in [0.15, 0.2) is 35.5 Å². The van der Waals surface area contributed by atoms with Crippen LogP contribution in [-0.4, -0.2) is 32.6 Å². The van der Waals surface area contributed by atoms with Gasteiger partial charge in [-0.05, 0) is 51.1 Å². The molecule has 0 aliphatic heterocycles. The van der Waals surface area contributed by atoms with Crippen LogP contribution in [0, 0.1) is 0 Å². The van der Waals surface area contributed by atoms with E-state index in [1.807, 2.05) is 57.4 Å². The van der Waals surface area contributed by atoms with Gasteiger partial charge in [-0.25, -0.2) is 4.98 Å². The Kier molecular flexibility index (Phi) is 8.45. The Hall–Kier alpha value is -0.990. The van der Waals surface area contributed by atoms with Crippen molar-refractivity contribution in [3.63, 3.8) is 0 Å². The molecule has 0 amide bonds. The summed E-state index contributed by atoms with van der Waals surface area (Å²) in [6, 6.07) is 9.42. The van der Waals surface area contributed by atoms with E-state index >= 15 is 0 Å². The van der Waals surface area contributed by atoms with Crippen LogP contribution >= 0.6 is 23.4 Å². The normalized spacial score (nSPS) is 15.1. The van der Waals surface area contributed by atoms with Gasteiger partial charge in [0, 0.05) is 28.4 Å². The molecule has 2 aromatic rings. The molecule has 1 unspecified atom stereocenters.